The molecule has 0 unspecified atom stereocenters. The van der Waals surface area contributed by atoms with Gasteiger partial charge in [-0.2, -0.15) is 0 Å². The van der Waals surface area contributed by atoms with Crippen LogP contribution in [0, 0.1) is 0 Å². The summed E-state index contributed by atoms with van der Waals surface area (Å²) in [6.07, 6.45) is -1.96. The van der Waals surface area contributed by atoms with Gasteiger partial charge in [0.05, 0.1) is 0 Å². The molecule has 0 aliphatic rings. The fraction of sp³-hybridized carbons (Fsp3) is 0. The second-order valence-corrected chi connectivity index (χ2v) is 3.29. The van der Waals surface area contributed by atoms with Crippen LogP contribution in [0.1, 0.15) is 0 Å². The van der Waals surface area contributed by atoms with E-state index in [1.807, 2.05) is 0 Å². The van der Waals surface area contributed by atoms with Crippen LogP contribution in [-0.2, 0) is 7.47 Å². The molecule has 0 atom stereocenters. The molecule has 7 heteroatoms. The number of carbonyl (C=O) groups is 1. The molecule has 0 saturated heterocycles. The molecule has 0 amide bonds. The second-order valence-electron chi connectivity index (χ2n) is 0.848. The van der Waals surface area contributed by atoms with Gasteiger partial charge in [-0.05, 0) is 0 Å². The van der Waals surface area contributed by atoms with E-state index >= 15 is 0 Å². The standard InChI is InChI=1S/CH3AsO6/c3-1(4)8-2(5,6)7/h(H,3,4)(H2,5,6,7). The Labute approximate surface area is 47.0 Å². The molecule has 0 aromatic heterocycles. The number of carboxylic acid groups (broad SMARTS) is 1. The van der Waals surface area contributed by atoms with E-state index in [1.54, 1.807) is 0 Å². The van der Waals surface area contributed by atoms with E-state index < -0.39 is 20.7 Å². The molecule has 6 nitrogen and oxygen atoms in total. The van der Waals surface area contributed by atoms with Crippen molar-refractivity contribution in [3.63, 3.8) is 0 Å². The SMILES string of the molecule is O=C(O)O[As](=O)(O)O. The topological polar surface area (TPSA) is 104 Å². The molecule has 0 aliphatic heterocycles. The van der Waals surface area contributed by atoms with Crippen LogP contribution in [0.25, 0.3) is 0 Å². The summed E-state index contributed by atoms with van der Waals surface area (Å²) in [5, 5.41) is 7.55. The van der Waals surface area contributed by atoms with Gasteiger partial charge in [0.2, 0.25) is 0 Å². The molecule has 0 spiro atoms. The van der Waals surface area contributed by atoms with E-state index in [0.29, 0.717) is 0 Å². The third-order valence-corrected chi connectivity index (χ3v) is 1.02. The summed E-state index contributed by atoms with van der Waals surface area (Å²) >= 11 is -5.36. The van der Waals surface area contributed by atoms with Crippen molar-refractivity contribution in [3.8, 4) is 0 Å². The number of rotatable bonds is 1. The fourth-order valence-corrected chi connectivity index (χ4v) is 0.529. The van der Waals surface area contributed by atoms with Crippen molar-refractivity contribution in [1.82, 2.24) is 0 Å². The summed E-state index contributed by atoms with van der Waals surface area (Å²) in [6, 6.07) is 0. The van der Waals surface area contributed by atoms with Crippen molar-refractivity contribution in [3.05, 3.63) is 0 Å². The van der Waals surface area contributed by atoms with Gasteiger partial charge in [-0.15, -0.1) is 0 Å². The summed E-state index contributed by atoms with van der Waals surface area (Å²) in [5.41, 5.74) is 0. The minimum atomic E-state index is -5.36. The quantitative estimate of drug-likeness (QED) is 0.432. The molecule has 0 aromatic carbocycles. The van der Waals surface area contributed by atoms with Crippen molar-refractivity contribution in [2.75, 3.05) is 0 Å². The molecular weight excluding hydrogens is 183 g/mol. The first-order chi connectivity index (χ1) is 3.42. The maximum atomic E-state index is 9.59. The second kappa shape index (κ2) is 2.21. The molecular formula is CH3AsO6. The van der Waals surface area contributed by atoms with Gasteiger partial charge in [0.25, 0.3) is 0 Å². The van der Waals surface area contributed by atoms with Crippen LogP contribution in [0.4, 0.5) is 4.79 Å². The Morgan fingerprint density at radius 2 is 1.88 bits per heavy atom. The van der Waals surface area contributed by atoms with E-state index in [4.69, 9.17) is 13.3 Å². The van der Waals surface area contributed by atoms with Gasteiger partial charge in [-0.1, -0.05) is 0 Å². The van der Waals surface area contributed by atoms with E-state index in [-0.39, 0.29) is 0 Å². The molecule has 48 valence electrons. The van der Waals surface area contributed by atoms with E-state index in [1.165, 1.54) is 0 Å². The molecule has 0 heterocycles. The zero-order valence-corrected chi connectivity index (χ0v) is 5.39. The van der Waals surface area contributed by atoms with Gasteiger partial charge in [-0.25, -0.2) is 0 Å². The first-order valence-corrected chi connectivity index (χ1v) is 4.61. The average Bonchev–Trinajstić information content (AvgIpc) is 1.21. The third-order valence-electron chi connectivity index (χ3n) is 0.197. The summed E-state index contributed by atoms with van der Waals surface area (Å²) in [5.74, 6) is 0. The fourth-order valence-electron chi connectivity index (χ4n) is 0.102. The van der Waals surface area contributed by atoms with Crippen LogP contribution in [-0.4, -0.2) is 34.0 Å². The zero-order valence-electron chi connectivity index (χ0n) is 3.51. The van der Waals surface area contributed by atoms with Crippen LogP contribution in [0.15, 0.2) is 0 Å². The van der Waals surface area contributed by atoms with Crippen LogP contribution in [0.3, 0.4) is 0 Å². The van der Waals surface area contributed by atoms with Crippen LogP contribution in [0.2, 0.25) is 0 Å². The molecule has 0 bridgehead atoms. The first-order valence-electron chi connectivity index (χ1n) is 1.40. The molecule has 0 rings (SSSR count). The van der Waals surface area contributed by atoms with Crippen LogP contribution < -0.4 is 0 Å². The molecule has 8 heavy (non-hydrogen) atoms. The Hall–Kier alpha value is -0.452. The summed E-state index contributed by atoms with van der Waals surface area (Å²) in [4.78, 5) is 9.32. The van der Waals surface area contributed by atoms with Gasteiger partial charge >= 0.3 is 46.2 Å². The first kappa shape index (κ1) is 7.55. The monoisotopic (exact) mass is 186 g/mol. The molecule has 0 aliphatic carbocycles. The Bertz CT molecular complexity index is 131. The molecule has 0 aromatic rings. The molecule has 3 N–H and O–H groups in total. The average molecular weight is 186 g/mol. The number of hydrogen-bond donors (Lipinski definition) is 3. The van der Waals surface area contributed by atoms with Gasteiger partial charge in [-0.3, -0.25) is 0 Å². The van der Waals surface area contributed by atoms with Gasteiger partial charge in [0.15, 0.2) is 0 Å². The predicted molar refractivity (Wildman–Crippen MR) is 20.0 cm³/mol. The molecule has 0 radical (unpaired) electrons. The van der Waals surface area contributed by atoms with E-state index in [2.05, 4.69) is 3.73 Å². The Balaban J connectivity index is 3.74. The van der Waals surface area contributed by atoms with Crippen molar-refractivity contribution in [1.29, 1.82) is 0 Å². The van der Waals surface area contributed by atoms with E-state index in [9.17, 15) is 8.53 Å². The van der Waals surface area contributed by atoms with Crippen LogP contribution >= 0.6 is 0 Å². The maximum absolute atomic E-state index is 9.59. The minimum absolute atomic E-state index is 1.96. The summed E-state index contributed by atoms with van der Waals surface area (Å²) < 4.78 is 28.2. The van der Waals surface area contributed by atoms with Crippen molar-refractivity contribution in [2.45, 2.75) is 0 Å². The normalized spacial score (nSPS) is 10.8. The number of hydrogen-bond acceptors (Lipinski definition) is 3. The Morgan fingerprint density at radius 3 is 1.88 bits per heavy atom. The third kappa shape index (κ3) is 5.55. The summed E-state index contributed by atoms with van der Waals surface area (Å²) in [7, 11) is 0. The van der Waals surface area contributed by atoms with Crippen LogP contribution in [0.5, 0.6) is 0 Å². The van der Waals surface area contributed by atoms with Gasteiger partial charge in [0.1, 0.15) is 0 Å². The molecule has 0 saturated carbocycles. The predicted octanol–water partition coefficient (Wildman–Crippen LogP) is -1.47. The summed E-state index contributed by atoms with van der Waals surface area (Å²) in [6.45, 7) is 0. The van der Waals surface area contributed by atoms with E-state index in [0.717, 1.165) is 0 Å². The Morgan fingerprint density at radius 1 is 1.50 bits per heavy atom. The Kier molecular flexibility index (Phi) is 2.09. The van der Waals surface area contributed by atoms with Crippen molar-refractivity contribution < 1.29 is 25.6 Å². The van der Waals surface area contributed by atoms with Gasteiger partial charge in [0, 0.05) is 0 Å². The van der Waals surface area contributed by atoms with Crippen molar-refractivity contribution in [2.24, 2.45) is 0 Å². The molecule has 0 fully saturated rings. The van der Waals surface area contributed by atoms with Crippen molar-refractivity contribution >= 4 is 20.7 Å². The van der Waals surface area contributed by atoms with Gasteiger partial charge < -0.3 is 0 Å². The zero-order chi connectivity index (χ0) is 6.78.